The van der Waals surface area contributed by atoms with Crippen molar-refractivity contribution in [2.75, 3.05) is 33.1 Å². The van der Waals surface area contributed by atoms with Gasteiger partial charge in [0.25, 0.3) is 5.69 Å². The maximum Gasteiger partial charge on any atom is 0.319 e. The Morgan fingerprint density at radius 3 is 2.64 bits per heavy atom. The largest absolute Gasteiger partial charge is 0.493 e. The summed E-state index contributed by atoms with van der Waals surface area (Å²) in [4.78, 5) is 25.7. The van der Waals surface area contributed by atoms with E-state index in [1.165, 1.54) is 17.7 Å². The zero-order chi connectivity index (χ0) is 23.6. The highest BCUT2D eigenvalue weighted by molar-refractivity contribution is 5.91. The number of rotatable bonds is 6. The normalized spacial score (nSPS) is 24.6. The Hall–Kier alpha value is -3.33. The van der Waals surface area contributed by atoms with Gasteiger partial charge in [-0.1, -0.05) is 18.2 Å². The predicted octanol–water partition coefficient (Wildman–Crippen LogP) is 3.93. The number of methoxy groups -OCH3 is 2. The highest BCUT2D eigenvalue weighted by Gasteiger charge is 2.50. The molecule has 1 heterocycles. The van der Waals surface area contributed by atoms with Gasteiger partial charge in [-0.05, 0) is 63.0 Å². The molecule has 9 nitrogen and oxygen atoms in total. The monoisotopic (exact) mass is 454 g/mol. The smallest absolute Gasteiger partial charge is 0.319 e. The van der Waals surface area contributed by atoms with Crippen LogP contribution in [0.3, 0.4) is 0 Å². The predicted molar refractivity (Wildman–Crippen MR) is 125 cm³/mol. The molecule has 9 heteroatoms. The van der Waals surface area contributed by atoms with Crippen LogP contribution in [0.15, 0.2) is 42.5 Å². The first kappa shape index (κ1) is 22.8. The van der Waals surface area contributed by atoms with Crippen LogP contribution in [0.5, 0.6) is 11.5 Å². The number of anilines is 1. The number of fused-ring (bicyclic) bond motifs is 1. The molecule has 2 aromatic carbocycles. The van der Waals surface area contributed by atoms with Gasteiger partial charge in [-0.3, -0.25) is 10.1 Å². The molecule has 2 amide bonds. The van der Waals surface area contributed by atoms with Gasteiger partial charge in [0.1, 0.15) is 5.69 Å². The molecular weight excluding hydrogens is 424 g/mol. The molecule has 0 aromatic heterocycles. The van der Waals surface area contributed by atoms with Crippen molar-refractivity contribution in [3.8, 4) is 11.5 Å². The Morgan fingerprint density at radius 2 is 1.91 bits per heavy atom. The van der Waals surface area contributed by atoms with Crippen LogP contribution in [0, 0.1) is 10.1 Å². The van der Waals surface area contributed by atoms with Gasteiger partial charge in [-0.2, -0.15) is 0 Å². The molecule has 2 N–H and O–H groups in total. The Bertz CT molecular complexity index is 1050. The van der Waals surface area contributed by atoms with Crippen LogP contribution in [0.1, 0.15) is 31.2 Å². The quantitative estimate of drug-likeness (QED) is 0.506. The van der Waals surface area contributed by atoms with Gasteiger partial charge in [0.15, 0.2) is 11.5 Å². The molecule has 1 aliphatic heterocycles. The Kier molecular flexibility index (Phi) is 6.42. The first-order chi connectivity index (χ1) is 15.9. The number of nitrogens with zero attached hydrogens (tertiary/aromatic N) is 2. The lowest BCUT2D eigenvalue weighted by molar-refractivity contribution is -0.383. The average molecular weight is 455 g/mol. The lowest BCUT2D eigenvalue weighted by atomic mass is 9.65. The third-order valence-corrected chi connectivity index (χ3v) is 7.17. The van der Waals surface area contributed by atoms with Crippen LogP contribution in [0.25, 0.3) is 0 Å². The van der Waals surface area contributed by atoms with E-state index >= 15 is 0 Å². The summed E-state index contributed by atoms with van der Waals surface area (Å²) in [5, 5.41) is 16.9. The standard InChI is InChI=1S/C24H30N4O5/c1-27-13-12-24(16-8-9-20(32-2)21(14-16)33-3)11-10-17(15-22(24)27)25-23(29)26-18-6-4-5-7-19(18)28(30)31/h4-9,14,17,22H,10-13,15H2,1-3H3,(H2,25,26,29). The summed E-state index contributed by atoms with van der Waals surface area (Å²) in [6.45, 7) is 0.980. The van der Waals surface area contributed by atoms with Gasteiger partial charge in [-0.15, -0.1) is 0 Å². The van der Waals surface area contributed by atoms with Crippen LogP contribution >= 0.6 is 0 Å². The van der Waals surface area contributed by atoms with Gasteiger partial charge >= 0.3 is 6.03 Å². The van der Waals surface area contributed by atoms with E-state index < -0.39 is 11.0 Å². The molecule has 1 aliphatic carbocycles. The number of hydrogen-bond acceptors (Lipinski definition) is 6. The molecule has 0 spiro atoms. The fraction of sp³-hybridized carbons (Fsp3) is 0.458. The molecule has 1 saturated carbocycles. The van der Waals surface area contributed by atoms with Crippen molar-refractivity contribution in [1.82, 2.24) is 10.2 Å². The molecule has 4 rings (SSSR count). The van der Waals surface area contributed by atoms with Gasteiger partial charge in [0, 0.05) is 23.6 Å². The second-order valence-electron chi connectivity index (χ2n) is 8.82. The summed E-state index contributed by atoms with van der Waals surface area (Å²) in [6.07, 6.45) is 3.59. The summed E-state index contributed by atoms with van der Waals surface area (Å²) in [6, 6.07) is 12.1. The van der Waals surface area contributed by atoms with E-state index in [1.807, 2.05) is 6.07 Å². The number of carbonyl (C=O) groups excluding carboxylic acids is 1. The molecule has 2 aliphatic rings. The molecule has 0 radical (unpaired) electrons. The summed E-state index contributed by atoms with van der Waals surface area (Å²) >= 11 is 0. The van der Waals surface area contributed by atoms with Crippen LogP contribution in [-0.4, -0.2) is 55.8 Å². The van der Waals surface area contributed by atoms with E-state index in [0.717, 1.165) is 38.0 Å². The van der Waals surface area contributed by atoms with Crippen molar-refractivity contribution in [3.05, 3.63) is 58.1 Å². The fourth-order valence-corrected chi connectivity index (χ4v) is 5.48. The highest BCUT2D eigenvalue weighted by atomic mass is 16.6. The van der Waals surface area contributed by atoms with Gasteiger partial charge in [0.2, 0.25) is 0 Å². The fourth-order valence-electron chi connectivity index (χ4n) is 5.48. The molecule has 2 fully saturated rings. The lowest BCUT2D eigenvalue weighted by Gasteiger charge is -2.45. The number of ether oxygens (including phenoxy) is 2. The second-order valence-corrected chi connectivity index (χ2v) is 8.82. The minimum absolute atomic E-state index is 0.0127. The second kappa shape index (κ2) is 9.27. The molecule has 3 unspecified atom stereocenters. The molecule has 176 valence electrons. The topological polar surface area (TPSA) is 106 Å². The Morgan fingerprint density at radius 1 is 1.15 bits per heavy atom. The van der Waals surface area contributed by atoms with Gasteiger partial charge in [-0.25, -0.2) is 4.79 Å². The van der Waals surface area contributed by atoms with E-state index in [1.54, 1.807) is 26.4 Å². The first-order valence-corrected chi connectivity index (χ1v) is 11.1. The minimum atomic E-state index is -0.499. The van der Waals surface area contributed by atoms with Crippen LogP contribution in [0.4, 0.5) is 16.2 Å². The maximum absolute atomic E-state index is 12.6. The van der Waals surface area contributed by atoms with E-state index in [9.17, 15) is 14.9 Å². The van der Waals surface area contributed by atoms with Crippen LogP contribution in [0.2, 0.25) is 0 Å². The summed E-state index contributed by atoms with van der Waals surface area (Å²) < 4.78 is 11.0. The summed E-state index contributed by atoms with van der Waals surface area (Å²) in [5.41, 5.74) is 1.28. The number of amides is 2. The first-order valence-electron chi connectivity index (χ1n) is 11.1. The molecule has 0 bridgehead atoms. The lowest BCUT2D eigenvalue weighted by Crippen LogP contribution is -2.52. The van der Waals surface area contributed by atoms with Crippen molar-refractivity contribution in [1.29, 1.82) is 0 Å². The van der Waals surface area contributed by atoms with Crippen molar-refractivity contribution >= 4 is 17.4 Å². The van der Waals surface area contributed by atoms with E-state index in [0.29, 0.717) is 5.75 Å². The molecule has 3 atom stereocenters. The zero-order valence-corrected chi connectivity index (χ0v) is 19.2. The number of nitro benzene ring substituents is 1. The van der Waals surface area contributed by atoms with Crippen molar-refractivity contribution in [2.24, 2.45) is 0 Å². The average Bonchev–Trinajstić information content (AvgIpc) is 3.15. The third kappa shape index (κ3) is 4.32. The number of nitrogens with one attached hydrogen (secondary N) is 2. The minimum Gasteiger partial charge on any atom is -0.493 e. The third-order valence-electron chi connectivity index (χ3n) is 7.17. The molecule has 2 aromatic rings. The number of likely N-dealkylation sites (N-methyl/N-ethyl adjacent to an activating group) is 1. The number of nitro groups is 1. The zero-order valence-electron chi connectivity index (χ0n) is 19.2. The van der Waals surface area contributed by atoms with Crippen molar-refractivity contribution in [2.45, 2.75) is 43.2 Å². The van der Waals surface area contributed by atoms with Gasteiger partial charge < -0.3 is 25.0 Å². The highest BCUT2D eigenvalue weighted by Crippen LogP contribution is 2.49. The summed E-state index contributed by atoms with van der Waals surface area (Å²) in [7, 11) is 5.41. The van der Waals surface area contributed by atoms with Crippen LogP contribution in [-0.2, 0) is 5.41 Å². The SMILES string of the molecule is COc1ccc(C23CCC(NC(=O)Nc4ccccc4[N+](=O)[O-])CC2N(C)CC3)cc1OC. The number of carbonyl (C=O) groups is 1. The molecular formula is C24H30N4O5. The number of benzene rings is 2. The Labute approximate surface area is 193 Å². The van der Waals surface area contributed by atoms with E-state index in [2.05, 4.69) is 34.7 Å². The van der Waals surface area contributed by atoms with Gasteiger partial charge in [0.05, 0.1) is 19.1 Å². The van der Waals surface area contributed by atoms with Crippen molar-refractivity contribution < 1.29 is 19.2 Å². The van der Waals surface area contributed by atoms with E-state index in [4.69, 9.17) is 9.47 Å². The molecule has 33 heavy (non-hydrogen) atoms. The number of hydrogen-bond donors (Lipinski definition) is 2. The Balaban J connectivity index is 1.49. The number of urea groups is 1. The number of para-hydroxylation sites is 2. The summed E-state index contributed by atoms with van der Waals surface area (Å²) in [5.74, 6) is 1.43. The van der Waals surface area contributed by atoms with E-state index in [-0.39, 0.29) is 28.9 Å². The maximum atomic E-state index is 12.6. The van der Waals surface area contributed by atoms with Crippen LogP contribution < -0.4 is 20.1 Å². The molecule has 1 saturated heterocycles. The number of likely N-dealkylation sites (tertiary alicyclic amines) is 1. The van der Waals surface area contributed by atoms with Crippen molar-refractivity contribution in [3.63, 3.8) is 0 Å².